The summed E-state index contributed by atoms with van der Waals surface area (Å²) in [5.74, 6) is -1.54. The number of urea groups is 1. The number of nitrogens with one attached hydrogen (secondary N) is 1. The molecule has 2 amide bonds. The van der Waals surface area contributed by atoms with Crippen molar-refractivity contribution in [3.05, 3.63) is 27.7 Å². The summed E-state index contributed by atoms with van der Waals surface area (Å²) >= 11 is 9.21. The number of nitrogens with zero attached hydrogens (tertiary/aromatic N) is 1. The maximum absolute atomic E-state index is 12.1. The molecule has 0 aliphatic carbocycles. The molecule has 7 heteroatoms. The van der Waals surface area contributed by atoms with Gasteiger partial charge in [0.1, 0.15) is 0 Å². The van der Waals surface area contributed by atoms with E-state index >= 15 is 0 Å². The van der Waals surface area contributed by atoms with Crippen LogP contribution in [0.2, 0.25) is 5.02 Å². The Hall–Kier alpha value is -1.27. The Morgan fingerprint density at radius 1 is 1.50 bits per heavy atom. The van der Waals surface area contributed by atoms with Gasteiger partial charge in [0, 0.05) is 23.2 Å². The minimum Gasteiger partial charge on any atom is -0.481 e. The Morgan fingerprint density at radius 3 is 2.65 bits per heavy atom. The summed E-state index contributed by atoms with van der Waals surface area (Å²) in [6, 6.07) is 4.72. The summed E-state index contributed by atoms with van der Waals surface area (Å²) in [6.07, 6.45) is 0. The molecule has 5 nitrogen and oxygen atoms in total. The highest BCUT2D eigenvalue weighted by atomic mass is 79.9. The molecule has 1 aromatic rings. The second kappa shape index (κ2) is 7.50. The third-order valence-electron chi connectivity index (χ3n) is 2.76. The molecule has 0 aromatic heterocycles. The lowest BCUT2D eigenvalue weighted by molar-refractivity contribution is -0.141. The molecule has 0 bridgehead atoms. The minimum atomic E-state index is -0.928. The molecule has 0 radical (unpaired) electrons. The number of amides is 2. The van der Waals surface area contributed by atoms with E-state index in [9.17, 15) is 9.59 Å². The van der Waals surface area contributed by atoms with Crippen molar-refractivity contribution in [1.82, 2.24) is 4.90 Å². The largest absolute Gasteiger partial charge is 0.481 e. The fraction of sp³-hybridized carbons (Fsp3) is 0.385. The quantitative estimate of drug-likeness (QED) is 0.838. The summed E-state index contributed by atoms with van der Waals surface area (Å²) in [5, 5.41) is 12.1. The molecule has 0 spiro atoms. The van der Waals surface area contributed by atoms with Crippen LogP contribution in [-0.2, 0) is 4.79 Å². The first-order valence-corrected chi connectivity index (χ1v) is 7.26. The fourth-order valence-electron chi connectivity index (χ4n) is 1.54. The molecule has 20 heavy (non-hydrogen) atoms. The molecule has 1 atom stereocenters. The van der Waals surface area contributed by atoms with Gasteiger partial charge in [-0.2, -0.15) is 0 Å². The highest BCUT2D eigenvalue weighted by Gasteiger charge is 2.19. The van der Waals surface area contributed by atoms with Crippen molar-refractivity contribution in [2.45, 2.75) is 13.8 Å². The van der Waals surface area contributed by atoms with Gasteiger partial charge in [-0.3, -0.25) is 4.79 Å². The number of hydrogen-bond donors (Lipinski definition) is 2. The van der Waals surface area contributed by atoms with E-state index in [0.717, 1.165) is 4.47 Å². The molecule has 0 aliphatic heterocycles. The van der Waals surface area contributed by atoms with E-state index in [0.29, 0.717) is 17.3 Å². The normalized spacial score (nSPS) is 11.8. The number of benzene rings is 1. The van der Waals surface area contributed by atoms with Crippen LogP contribution in [0.4, 0.5) is 10.5 Å². The average Bonchev–Trinajstić information content (AvgIpc) is 2.39. The van der Waals surface area contributed by atoms with Gasteiger partial charge in [0.25, 0.3) is 0 Å². The molecule has 1 rings (SSSR count). The number of rotatable bonds is 5. The number of carboxylic acids is 1. The van der Waals surface area contributed by atoms with Crippen molar-refractivity contribution < 1.29 is 14.7 Å². The van der Waals surface area contributed by atoms with Gasteiger partial charge < -0.3 is 15.3 Å². The standard InChI is InChI=1S/C13H16BrClN2O3/c1-3-17(7-8(2)12(18)19)13(20)16-9-4-5-10(14)11(15)6-9/h4-6,8H,3,7H2,1-2H3,(H,16,20)(H,18,19). The van der Waals surface area contributed by atoms with Crippen LogP contribution < -0.4 is 5.32 Å². The predicted octanol–water partition coefficient (Wildman–Crippen LogP) is 3.68. The Balaban J connectivity index is 2.72. The topological polar surface area (TPSA) is 69.6 Å². The zero-order valence-electron chi connectivity index (χ0n) is 11.2. The Morgan fingerprint density at radius 2 is 2.15 bits per heavy atom. The lowest BCUT2D eigenvalue weighted by Crippen LogP contribution is -2.39. The van der Waals surface area contributed by atoms with E-state index in [2.05, 4.69) is 21.2 Å². The highest BCUT2D eigenvalue weighted by molar-refractivity contribution is 9.10. The number of aliphatic carboxylic acids is 1. The molecule has 1 unspecified atom stereocenters. The Kier molecular flexibility index (Phi) is 6.29. The maximum atomic E-state index is 12.1. The summed E-state index contributed by atoms with van der Waals surface area (Å²) in [5.41, 5.74) is 0.560. The first-order valence-electron chi connectivity index (χ1n) is 6.09. The lowest BCUT2D eigenvalue weighted by Gasteiger charge is -2.23. The zero-order chi connectivity index (χ0) is 15.3. The molecule has 0 fully saturated rings. The van der Waals surface area contributed by atoms with E-state index in [1.807, 2.05) is 0 Å². The van der Waals surface area contributed by atoms with Crippen LogP contribution in [0.25, 0.3) is 0 Å². The second-order valence-corrected chi connectivity index (χ2v) is 5.60. The SMILES string of the molecule is CCN(CC(C)C(=O)O)C(=O)Nc1ccc(Br)c(Cl)c1. The van der Waals surface area contributed by atoms with E-state index in [-0.39, 0.29) is 12.6 Å². The average molecular weight is 364 g/mol. The number of carboxylic acid groups (broad SMARTS) is 1. The Bertz CT molecular complexity index is 510. The smallest absolute Gasteiger partial charge is 0.321 e. The number of carbonyl (C=O) groups is 2. The summed E-state index contributed by atoms with van der Waals surface area (Å²) in [6.45, 7) is 3.94. The van der Waals surface area contributed by atoms with Crippen molar-refractivity contribution >= 4 is 45.2 Å². The molecule has 1 aromatic carbocycles. The molecule has 0 saturated carbocycles. The fourth-order valence-corrected chi connectivity index (χ4v) is 1.97. The summed E-state index contributed by atoms with van der Waals surface area (Å²) in [7, 11) is 0. The predicted molar refractivity (Wildman–Crippen MR) is 82.2 cm³/mol. The van der Waals surface area contributed by atoms with Gasteiger partial charge in [0.05, 0.1) is 10.9 Å². The van der Waals surface area contributed by atoms with Crippen molar-refractivity contribution in [3.63, 3.8) is 0 Å². The van der Waals surface area contributed by atoms with Gasteiger partial charge in [-0.1, -0.05) is 18.5 Å². The lowest BCUT2D eigenvalue weighted by atomic mass is 10.2. The van der Waals surface area contributed by atoms with E-state index in [1.165, 1.54) is 4.90 Å². The van der Waals surface area contributed by atoms with E-state index < -0.39 is 11.9 Å². The number of halogens is 2. The van der Waals surface area contributed by atoms with Crippen LogP contribution >= 0.6 is 27.5 Å². The molecule has 0 aliphatic rings. The van der Waals surface area contributed by atoms with Crippen molar-refractivity contribution in [1.29, 1.82) is 0 Å². The molecule has 110 valence electrons. The third kappa shape index (κ3) is 4.68. The van der Waals surface area contributed by atoms with Gasteiger partial charge in [-0.25, -0.2) is 4.79 Å². The second-order valence-electron chi connectivity index (χ2n) is 4.34. The summed E-state index contributed by atoms with van der Waals surface area (Å²) in [4.78, 5) is 24.3. The number of hydrogen-bond acceptors (Lipinski definition) is 2. The van der Waals surface area contributed by atoms with Crippen LogP contribution in [0.1, 0.15) is 13.8 Å². The van der Waals surface area contributed by atoms with Crippen LogP contribution in [0.3, 0.4) is 0 Å². The zero-order valence-corrected chi connectivity index (χ0v) is 13.5. The third-order valence-corrected chi connectivity index (χ3v) is 3.99. The molecule has 2 N–H and O–H groups in total. The molecule has 0 heterocycles. The van der Waals surface area contributed by atoms with Crippen LogP contribution in [-0.4, -0.2) is 35.1 Å². The summed E-state index contributed by atoms with van der Waals surface area (Å²) < 4.78 is 0.740. The minimum absolute atomic E-state index is 0.155. The molecular weight excluding hydrogens is 348 g/mol. The van der Waals surface area contributed by atoms with Gasteiger partial charge in [0.15, 0.2) is 0 Å². The van der Waals surface area contributed by atoms with Crippen LogP contribution in [0, 0.1) is 5.92 Å². The van der Waals surface area contributed by atoms with E-state index in [1.54, 1.807) is 32.0 Å². The van der Waals surface area contributed by atoms with Crippen LogP contribution in [0.5, 0.6) is 0 Å². The van der Waals surface area contributed by atoms with Gasteiger partial charge in [-0.15, -0.1) is 0 Å². The van der Waals surface area contributed by atoms with Gasteiger partial charge in [0.2, 0.25) is 0 Å². The van der Waals surface area contributed by atoms with Gasteiger partial charge >= 0.3 is 12.0 Å². The van der Waals surface area contributed by atoms with Crippen molar-refractivity contribution in [3.8, 4) is 0 Å². The highest BCUT2D eigenvalue weighted by Crippen LogP contribution is 2.25. The maximum Gasteiger partial charge on any atom is 0.321 e. The number of carbonyl (C=O) groups excluding carboxylic acids is 1. The van der Waals surface area contributed by atoms with Gasteiger partial charge in [-0.05, 0) is 41.1 Å². The van der Waals surface area contributed by atoms with Crippen molar-refractivity contribution in [2.24, 2.45) is 5.92 Å². The van der Waals surface area contributed by atoms with Crippen LogP contribution in [0.15, 0.2) is 22.7 Å². The number of anilines is 1. The monoisotopic (exact) mass is 362 g/mol. The molecule has 0 saturated heterocycles. The molecular formula is C13H16BrClN2O3. The Labute approximate surface area is 131 Å². The first-order chi connectivity index (χ1) is 9.35. The van der Waals surface area contributed by atoms with Crippen molar-refractivity contribution in [2.75, 3.05) is 18.4 Å². The van der Waals surface area contributed by atoms with E-state index in [4.69, 9.17) is 16.7 Å². The first kappa shape index (κ1) is 16.8.